The molecule has 4 nitrogen and oxygen atoms in total. The maximum atomic E-state index is 12.5. The lowest BCUT2D eigenvalue weighted by molar-refractivity contribution is -0.139. The zero-order valence-corrected chi connectivity index (χ0v) is 11.5. The lowest BCUT2D eigenvalue weighted by atomic mass is 9.83. The number of hydrogen-bond donors (Lipinski definition) is 1. The van der Waals surface area contributed by atoms with E-state index in [0.29, 0.717) is 12.1 Å². The number of carboxylic acids is 1. The molecule has 0 radical (unpaired) electrons. The number of aliphatic carboxylic acids is 1. The molecule has 0 bridgehead atoms. The van der Waals surface area contributed by atoms with Crippen molar-refractivity contribution in [2.24, 2.45) is 5.92 Å². The molecule has 1 atom stereocenters. The summed E-state index contributed by atoms with van der Waals surface area (Å²) < 4.78 is 0. The van der Waals surface area contributed by atoms with E-state index in [0.717, 1.165) is 30.5 Å². The average Bonchev–Trinajstić information content (AvgIpc) is 2.50. The standard InChI is InChI=1S/C17H15NO3/c19-16-13-8-10-4-1-2-5-11(10)12-6-3-7-18(15(12)13)9-14(16)17(20)21/h1-2,4-5,8,14H,3,6-7,9H2,(H,20,21). The van der Waals surface area contributed by atoms with Gasteiger partial charge in [0.25, 0.3) is 0 Å². The van der Waals surface area contributed by atoms with Crippen LogP contribution in [0.4, 0.5) is 5.69 Å². The van der Waals surface area contributed by atoms with E-state index in [1.807, 2.05) is 24.3 Å². The van der Waals surface area contributed by atoms with E-state index in [1.54, 1.807) is 0 Å². The van der Waals surface area contributed by atoms with Gasteiger partial charge in [0.15, 0.2) is 5.78 Å². The Balaban J connectivity index is 2.03. The number of benzene rings is 2. The smallest absolute Gasteiger partial charge is 0.316 e. The molecule has 21 heavy (non-hydrogen) atoms. The molecule has 0 saturated carbocycles. The predicted octanol–water partition coefficient (Wildman–Crippen LogP) is 2.49. The van der Waals surface area contributed by atoms with Gasteiger partial charge in [0.05, 0.1) is 5.69 Å². The second kappa shape index (κ2) is 4.32. The molecule has 106 valence electrons. The Kier molecular flexibility index (Phi) is 2.55. The van der Waals surface area contributed by atoms with Gasteiger partial charge in [0.1, 0.15) is 5.92 Å². The largest absolute Gasteiger partial charge is 0.481 e. The lowest BCUT2D eigenvalue weighted by Gasteiger charge is -2.38. The summed E-state index contributed by atoms with van der Waals surface area (Å²) in [5.41, 5.74) is 2.76. The van der Waals surface area contributed by atoms with E-state index < -0.39 is 11.9 Å². The van der Waals surface area contributed by atoms with Gasteiger partial charge < -0.3 is 10.0 Å². The second-order valence-electron chi connectivity index (χ2n) is 5.78. The first-order valence-electron chi connectivity index (χ1n) is 7.23. The van der Waals surface area contributed by atoms with Crippen molar-refractivity contribution in [2.45, 2.75) is 12.8 Å². The molecule has 0 spiro atoms. The number of hydrogen-bond acceptors (Lipinski definition) is 3. The Morgan fingerprint density at radius 3 is 2.90 bits per heavy atom. The van der Waals surface area contributed by atoms with Crippen LogP contribution in [0.15, 0.2) is 30.3 Å². The number of ketones is 1. The zero-order chi connectivity index (χ0) is 14.6. The van der Waals surface area contributed by atoms with Crippen LogP contribution < -0.4 is 4.90 Å². The van der Waals surface area contributed by atoms with Crippen LogP contribution in [-0.2, 0) is 11.2 Å². The third kappa shape index (κ3) is 1.68. The maximum absolute atomic E-state index is 12.5. The predicted molar refractivity (Wildman–Crippen MR) is 79.9 cm³/mol. The highest BCUT2D eigenvalue weighted by molar-refractivity contribution is 6.16. The van der Waals surface area contributed by atoms with Gasteiger partial charge in [0.2, 0.25) is 0 Å². The third-order valence-electron chi connectivity index (χ3n) is 4.58. The first-order chi connectivity index (χ1) is 10.2. The zero-order valence-electron chi connectivity index (χ0n) is 11.5. The number of carboxylic acid groups (broad SMARTS) is 1. The molecule has 4 heteroatoms. The number of aryl methyl sites for hydroxylation is 1. The topological polar surface area (TPSA) is 57.6 Å². The Labute approximate surface area is 122 Å². The number of carbonyl (C=O) groups is 2. The number of nitrogens with zero attached hydrogens (tertiary/aromatic N) is 1. The van der Waals surface area contributed by atoms with E-state index in [4.69, 9.17) is 0 Å². The summed E-state index contributed by atoms with van der Waals surface area (Å²) >= 11 is 0. The SMILES string of the molecule is O=C(O)C1CN2CCCc3c2c(cc2ccccc32)C1=O. The van der Waals surface area contributed by atoms with E-state index in [2.05, 4.69) is 11.0 Å². The van der Waals surface area contributed by atoms with Gasteiger partial charge in [-0.3, -0.25) is 9.59 Å². The van der Waals surface area contributed by atoms with E-state index >= 15 is 0 Å². The molecule has 0 aromatic heterocycles. The first-order valence-corrected chi connectivity index (χ1v) is 7.23. The van der Waals surface area contributed by atoms with Crippen LogP contribution in [-0.4, -0.2) is 29.9 Å². The van der Waals surface area contributed by atoms with Crippen molar-refractivity contribution in [3.05, 3.63) is 41.5 Å². The van der Waals surface area contributed by atoms with Crippen molar-refractivity contribution in [3.63, 3.8) is 0 Å². The van der Waals surface area contributed by atoms with Crippen molar-refractivity contribution in [3.8, 4) is 0 Å². The normalized spacial score (nSPS) is 20.5. The summed E-state index contributed by atoms with van der Waals surface area (Å²) in [4.78, 5) is 26.0. The number of fused-ring (bicyclic) bond motifs is 2. The third-order valence-corrected chi connectivity index (χ3v) is 4.58. The Hall–Kier alpha value is -2.36. The molecule has 1 N–H and O–H groups in total. The summed E-state index contributed by atoms with van der Waals surface area (Å²) in [5.74, 6) is -2.21. The summed E-state index contributed by atoms with van der Waals surface area (Å²) in [5, 5.41) is 11.5. The molecule has 0 amide bonds. The Morgan fingerprint density at radius 2 is 2.10 bits per heavy atom. The number of anilines is 1. The molecular weight excluding hydrogens is 266 g/mol. The molecule has 2 aliphatic rings. The van der Waals surface area contributed by atoms with Crippen LogP contribution in [0.1, 0.15) is 22.3 Å². The van der Waals surface area contributed by atoms with Crippen LogP contribution in [0.5, 0.6) is 0 Å². The first kappa shape index (κ1) is 12.4. The fraction of sp³-hybridized carbons (Fsp3) is 0.294. The van der Waals surface area contributed by atoms with Crippen molar-refractivity contribution in [1.82, 2.24) is 0 Å². The Bertz CT molecular complexity index is 781. The lowest BCUT2D eigenvalue weighted by Crippen LogP contribution is -2.45. The Morgan fingerprint density at radius 1 is 1.29 bits per heavy atom. The molecular formula is C17H15NO3. The van der Waals surface area contributed by atoms with Gasteiger partial charge in [-0.05, 0) is 35.2 Å². The monoisotopic (exact) mass is 281 g/mol. The number of carbonyl (C=O) groups excluding carboxylic acids is 1. The van der Waals surface area contributed by atoms with E-state index in [9.17, 15) is 14.7 Å². The summed E-state index contributed by atoms with van der Waals surface area (Å²) in [6.45, 7) is 1.13. The van der Waals surface area contributed by atoms with E-state index in [-0.39, 0.29) is 5.78 Å². The van der Waals surface area contributed by atoms with Crippen LogP contribution in [0.2, 0.25) is 0 Å². The van der Waals surface area contributed by atoms with Crippen molar-refractivity contribution >= 4 is 28.2 Å². The van der Waals surface area contributed by atoms with Gasteiger partial charge >= 0.3 is 5.97 Å². The molecule has 2 aromatic rings. The summed E-state index contributed by atoms with van der Waals surface area (Å²) in [6.07, 6.45) is 1.95. The molecule has 1 unspecified atom stereocenters. The van der Waals surface area contributed by atoms with Crippen molar-refractivity contribution in [1.29, 1.82) is 0 Å². The number of rotatable bonds is 1. The van der Waals surface area contributed by atoms with Gasteiger partial charge in [-0.15, -0.1) is 0 Å². The highest BCUT2D eigenvalue weighted by Crippen LogP contribution is 2.41. The molecule has 4 rings (SSSR count). The molecule has 0 aliphatic carbocycles. The van der Waals surface area contributed by atoms with Crippen LogP contribution in [0, 0.1) is 5.92 Å². The van der Waals surface area contributed by atoms with Gasteiger partial charge in [-0.1, -0.05) is 24.3 Å². The van der Waals surface area contributed by atoms with Crippen LogP contribution in [0.25, 0.3) is 10.8 Å². The molecule has 2 heterocycles. The van der Waals surface area contributed by atoms with Crippen molar-refractivity contribution in [2.75, 3.05) is 18.0 Å². The minimum atomic E-state index is -1.02. The fourth-order valence-electron chi connectivity index (χ4n) is 3.64. The molecule has 0 saturated heterocycles. The minimum absolute atomic E-state index is 0.248. The number of Topliss-reactive ketones (excluding diaryl/α,β-unsaturated/α-hetero) is 1. The fourth-order valence-corrected chi connectivity index (χ4v) is 3.64. The minimum Gasteiger partial charge on any atom is -0.481 e. The average molecular weight is 281 g/mol. The molecule has 2 aromatic carbocycles. The highest BCUT2D eigenvalue weighted by atomic mass is 16.4. The quantitative estimate of drug-likeness (QED) is 0.816. The second-order valence-corrected chi connectivity index (χ2v) is 5.78. The summed E-state index contributed by atoms with van der Waals surface area (Å²) in [6, 6.07) is 9.90. The van der Waals surface area contributed by atoms with Gasteiger partial charge in [0, 0.05) is 18.7 Å². The molecule has 2 aliphatic heterocycles. The summed E-state index contributed by atoms with van der Waals surface area (Å²) in [7, 11) is 0. The highest BCUT2D eigenvalue weighted by Gasteiger charge is 2.39. The van der Waals surface area contributed by atoms with Gasteiger partial charge in [-0.25, -0.2) is 0 Å². The van der Waals surface area contributed by atoms with Crippen molar-refractivity contribution < 1.29 is 14.7 Å². The molecule has 0 fully saturated rings. The van der Waals surface area contributed by atoms with Gasteiger partial charge in [-0.2, -0.15) is 0 Å². The van der Waals surface area contributed by atoms with Crippen LogP contribution >= 0.6 is 0 Å². The maximum Gasteiger partial charge on any atom is 0.316 e. The van der Waals surface area contributed by atoms with Crippen LogP contribution in [0.3, 0.4) is 0 Å². The van der Waals surface area contributed by atoms with E-state index in [1.165, 1.54) is 10.9 Å².